The number of hydrogen-bond acceptors (Lipinski definition) is 3. The third-order valence-corrected chi connectivity index (χ3v) is 4.12. The van der Waals surface area contributed by atoms with Gasteiger partial charge in [-0.05, 0) is 32.7 Å². The van der Waals surface area contributed by atoms with Crippen LogP contribution in [0.15, 0.2) is 0 Å². The number of rotatable bonds is 2. The first-order valence-corrected chi connectivity index (χ1v) is 6.85. The van der Waals surface area contributed by atoms with Crippen LogP contribution in [0.25, 0.3) is 0 Å². The van der Waals surface area contributed by atoms with E-state index in [0.29, 0.717) is 19.0 Å². The normalized spacial score (nSPS) is 33.3. The Balaban J connectivity index is 1.86. The summed E-state index contributed by atoms with van der Waals surface area (Å²) in [5.41, 5.74) is 0. The van der Waals surface area contributed by atoms with Crippen molar-refractivity contribution in [1.82, 2.24) is 15.5 Å². The zero-order valence-electron chi connectivity index (χ0n) is 11.2. The lowest BCUT2D eigenvalue weighted by Crippen LogP contribution is -2.54. The Morgan fingerprint density at radius 2 is 2.22 bits per heavy atom. The van der Waals surface area contributed by atoms with Crippen molar-refractivity contribution in [3.8, 4) is 0 Å². The van der Waals surface area contributed by atoms with Crippen LogP contribution in [0.1, 0.15) is 32.6 Å². The topological polar surface area (TPSA) is 61.4 Å². The van der Waals surface area contributed by atoms with Crippen molar-refractivity contribution in [2.75, 3.05) is 20.1 Å². The average molecular weight is 253 g/mol. The van der Waals surface area contributed by atoms with Crippen molar-refractivity contribution in [3.05, 3.63) is 0 Å². The predicted octanol–water partition coefficient (Wildman–Crippen LogP) is 0.112. The molecule has 0 aromatic rings. The van der Waals surface area contributed by atoms with Crippen LogP contribution < -0.4 is 10.6 Å². The highest BCUT2D eigenvalue weighted by Gasteiger charge is 2.31. The van der Waals surface area contributed by atoms with Crippen LogP contribution >= 0.6 is 0 Å². The minimum Gasteiger partial charge on any atom is -0.352 e. The lowest BCUT2D eigenvalue weighted by molar-refractivity contribution is -0.139. The lowest BCUT2D eigenvalue weighted by Gasteiger charge is -2.33. The summed E-state index contributed by atoms with van der Waals surface area (Å²) in [6.07, 6.45) is 3.27. The quantitative estimate of drug-likeness (QED) is 0.734. The molecule has 0 radical (unpaired) electrons. The van der Waals surface area contributed by atoms with Crippen LogP contribution in [0.4, 0.5) is 0 Å². The summed E-state index contributed by atoms with van der Waals surface area (Å²) in [6, 6.07) is 0.533. The number of piperidine rings is 2. The molecule has 2 rings (SSSR count). The first-order chi connectivity index (χ1) is 8.58. The van der Waals surface area contributed by atoms with Gasteiger partial charge in [0.1, 0.15) is 0 Å². The zero-order valence-corrected chi connectivity index (χ0v) is 11.2. The van der Waals surface area contributed by atoms with Crippen molar-refractivity contribution in [1.29, 1.82) is 0 Å². The molecular weight excluding hydrogens is 230 g/mol. The Kier molecular flexibility index (Phi) is 4.22. The number of amides is 2. The Morgan fingerprint density at radius 3 is 2.89 bits per heavy atom. The van der Waals surface area contributed by atoms with Crippen molar-refractivity contribution in [3.63, 3.8) is 0 Å². The molecule has 2 aliphatic heterocycles. The molecule has 3 unspecified atom stereocenters. The van der Waals surface area contributed by atoms with Gasteiger partial charge in [0.2, 0.25) is 11.8 Å². The van der Waals surface area contributed by atoms with Crippen molar-refractivity contribution in [2.45, 2.75) is 44.7 Å². The molecule has 5 heteroatoms. The molecule has 0 bridgehead atoms. The molecule has 3 atom stereocenters. The van der Waals surface area contributed by atoms with Gasteiger partial charge in [-0.3, -0.25) is 9.59 Å². The number of likely N-dealkylation sites (tertiary alicyclic amines) is 1. The average Bonchev–Trinajstić information content (AvgIpc) is 2.35. The first-order valence-electron chi connectivity index (χ1n) is 6.85. The monoisotopic (exact) mass is 253 g/mol. The molecule has 2 fully saturated rings. The molecule has 0 spiro atoms. The summed E-state index contributed by atoms with van der Waals surface area (Å²) in [5, 5.41) is 6.47. The third-order valence-electron chi connectivity index (χ3n) is 4.12. The highest BCUT2D eigenvalue weighted by atomic mass is 16.2. The van der Waals surface area contributed by atoms with E-state index >= 15 is 0 Å². The molecule has 2 aliphatic rings. The summed E-state index contributed by atoms with van der Waals surface area (Å²) < 4.78 is 0. The van der Waals surface area contributed by atoms with Gasteiger partial charge in [0.15, 0.2) is 0 Å². The van der Waals surface area contributed by atoms with Crippen LogP contribution in [-0.2, 0) is 9.59 Å². The molecule has 0 saturated carbocycles. The second-order valence-electron chi connectivity index (χ2n) is 5.51. The van der Waals surface area contributed by atoms with Crippen molar-refractivity contribution < 1.29 is 9.59 Å². The van der Waals surface area contributed by atoms with Gasteiger partial charge < -0.3 is 15.5 Å². The van der Waals surface area contributed by atoms with E-state index in [2.05, 4.69) is 17.6 Å². The van der Waals surface area contributed by atoms with E-state index in [1.807, 2.05) is 0 Å². The summed E-state index contributed by atoms with van der Waals surface area (Å²) in [7, 11) is 1.80. The maximum Gasteiger partial charge on any atom is 0.223 e. The molecule has 102 valence electrons. The van der Waals surface area contributed by atoms with Crippen LogP contribution in [0.3, 0.4) is 0 Å². The standard InChI is InChI=1S/C13H23N3O2/c1-9-11(4-3-6-14-9)15-13(18)10-5-7-16(2)12(17)8-10/h9-11,14H,3-8H2,1-2H3,(H,15,18). The van der Waals surface area contributed by atoms with Gasteiger partial charge in [0, 0.05) is 38.0 Å². The molecule has 2 amide bonds. The summed E-state index contributed by atoms with van der Waals surface area (Å²) in [5.74, 6) is -0.00366. The van der Waals surface area contributed by atoms with Gasteiger partial charge in [-0.1, -0.05) is 0 Å². The van der Waals surface area contributed by atoms with E-state index in [1.165, 1.54) is 0 Å². The maximum atomic E-state index is 12.2. The van der Waals surface area contributed by atoms with Gasteiger partial charge in [-0.2, -0.15) is 0 Å². The minimum atomic E-state index is -0.136. The van der Waals surface area contributed by atoms with Crippen LogP contribution in [0, 0.1) is 5.92 Å². The van der Waals surface area contributed by atoms with Gasteiger partial charge in [0.25, 0.3) is 0 Å². The highest BCUT2D eigenvalue weighted by molar-refractivity contribution is 5.87. The van der Waals surface area contributed by atoms with E-state index in [0.717, 1.165) is 25.8 Å². The number of nitrogens with one attached hydrogen (secondary N) is 2. The van der Waals surface area contributed by atoms with E-state index in [4.69, 9.17) is 0 Å². The molecule has 0 aromatic heterocycles. The molecule has 2 saturated heterocycles. The van der Waals surface area contributed by atoms with Gasteiger partial charge in [-0.15, -0.1) is 0 Å². The summed E-state index contributed by atoms with van der Waals surface area (Å²) in [6.45, 7) is 3.82. The Bertz CT molecular complexity index is 332. The van der Waals surface area contributed by atoms with Crippen molar-refractivity contribution >= 4 is 11.8 Å². The van der Waals surface area contributed by atoms with E-state index in [1.54, 1.807) is 11.9 Å². The molecule has 18 heavy (non-hydrogen) atoms. The van der Waals surface area contributed by atoms with Crippen LogP contribution in [-0.4, -0.2) is 48.9 Å². The fourth-order valence-electron chi connectivity index (χ4n) is 2.71. The Morgan fingerprint density at radius 1 is 1.44 bits per heavy atom. The SMILES string of the molecule is CC1NCCCC1NC(=O)C1CCN(C)C(=O)C1. The lowest BCUT2D eigenvalue weighted by atomic mass is 9.93. The smallest absolute Gasteiger partial charge is 0.223 e. The second-order valence-corrected chi connectivity index (χ2v) is 5.51. The second kappa shape index (κ2) is 5.69. The van der Waals surface area contributed by atoms with Gasteiger partial charge in [0.05, 0.1) is 0 Å². The summed E-state index contributed by atoms with van der Waals surface area (Å²) in [4.78, 5) is 25.5. The van der Waals surface area contributed by atoms with E-state index in [-0.39, 0.29) is 23.8 Å². The third kappa shape index (κ3) is 3.02. The molecule has 0 aliphatic carbocycles. The van der Waals surface area contributed by atoms with Crippen LogP contribution in [0.2, 0.25) is 0 Å². The van der Waals surface area contributed by atoms with Crippen LogP contribution in [0.5, 0.6) is 0 Å². The fourth-order valence-corrected chi connectivity index (χ4v) is 2.71. The highest BCUT2D eigenvalue weighted by Crippen LogP contribution is 2.18. The number of nitrogens with zero attached hydrogens (tertiary/aromatic N) is 1. The molecule has 5 nitrogen and oxygen atoms in total. The maximum absolute atomic E-state index is 12.2. The number of carbonyl (C=O) groups is 2. The van der Waals surface area contributed by atoms with E-state index in [9.17, 15) is 9.59 Å². The van der Waals surface area contributed by atoms with Gasteiger partial charge in [-0.25, -0.2) is 0 Å². The molecule has 2 heterocycles. The molecular formula is C13H23N3O2. The van der Waals surface area contributed by atoms with Gasteiger partial charge >= 0.3 is 0 Å². The fraction of sp³-hybridized carbons (Fsp3) is 0.846. The molecule has 2 N–H and O–H groups in total. The van der Waals surface area contributed by atoms with Crippen molar-refractivity contribution in [2.24, 2.45) is 5.92 Å². The Hall–Kier alpha value is -1.10. The summed E-state index contributed by atoms with van der Waals surface area (Å²) >= 11 is 0. The minimum absolute atomic E-state index is 0.0528. The van der Waals surface area contributed by atoms with E-state index < -0.39 is 0 Å². The zero-order chi connectivity index (χ0) is 13.1. The predicted molar refractivity (Wildman–Crippen MR) is 69.0 cm³/mol. The number of carbonyl (C=O) groups excluding carboxylic acids is 2. The molecule has 0 aromatic carbocycles. The number of hydrogen-bond donors (Lipinski definition) is 2. The first kappa shape index (κ1) is 13.3. The Labute approximate surface area is 108 Å². The largest absolute Gasteiger partial charge is 0.352 e.